The first-order chi connectivity index (χ1) is 12.7. The molecule has 26 heavy (non-hydrogen) atoms. The molecular weight excluding hydrogens is 350 g/mol. The Morgan fingerprint density at radius 1 is 1.23 bits per heavy atom. The molecule has 0 saturated carbocycles. The second kappa shape index (κ2) is 5.95. The van der Waals surface area contributed by atoms with Crippen molar-refractivity contribution in [3.63, 3.8) is 0 Å². The van der Waals surface area contributed by atoms with Crippen molar-refractivity contribution in [1.82, 2.24) is 9.66 Å². The first-order valence-electron chi connectivity index (χ1n) is 8.68. The molecule has 0 unspecified atom stereocenters. The Morgan fingerprint density at radius 2 is 2.08 bits per heavy atom. The predicted octanol–water partition coefficient (Wildman–Crippen LogP) is 3.26. The Hall–Kier alpha value is -2.67. The van der Waals surface area contributed by atoms with Crippen molar-refractivity contribution in [2.75, 3.05) is 6.79 Å². The zero-order valence-electron chi connectivity index (χ0n) is 14.3. The Kier molecular flexibility index (Phi) is 3.56. The van der Waals surface area contributed by atoms with Gasteiger partial charge in [-0.15, -0.1) is 11.3 Å². The monoisotopic (exact) mass is 367 g/mol. The molecule has 0 amide bonds. The first kappa shape index (κ1) is 15.6. The zero-order chi connectivity index (χ0) is 17.7. The molecule has 0 bridgehead atoms. The van der Waals surface area contributed by atoms with Crippen LogP contribution in [0.4, 0.5) is 0 Å². The highest BCUT2D eigenvalue weighted by Gasteiger charge is 2.21. The highest BCUT2D eigenvalue weighted by atomic mass is 32.1. The van der Waals surface area contributed by atoms with Crippen molar-refractivity contribution in [2.45, 2.75) is 32.6 Å². The number of benzene rings is 1. The van der Waals surface area contributed by atoms with Gasteiger partial charge in [-0.2, -0.15) is 9.78 Å². The van der Waals surface area contributed by atoms with Crippen molar-refractivity contribution < 1.29 is 9.47 Å². The van der Waals surface area contributed by atoms with E-state index in [-0.39, 0.29) is 12.4 Å². The lowest BCUT2D eigenvalue weighted by molar-refractivity contribution is 0.174. The molecule has 3 heterocycles. The van der Waals surface area contributed by atoms with Crippen LogP contribution >= 0.6 is 11.3 Å². The summed E-state index contributed by atoms with van der Waals surface area (Å²) in [6, 6.07) is 5.58. The average Bonchev–Trinajstić information content (AvgIpc) is 3.24. The van der Waals surface area contributed by atoms with Gasteiger partial charge >= 0.3 is 0 Å². The number of rotatable bonds is 2. The Bertz CT molecular complexity index is 1110. The third-order valence-corrected chi connectivity index (χ3v) is 6.03. The molecule has 0 saturated heterocycles. The molecule has 0 atom stereocenters. The van der Waals surface area contributed by atoms with Crippen molar-refractivity contribution in [2.24, 2.45) is 5.10 Å². The van der Waals surface area contributed by atoms with E-state index in [9.17, 15) is 4.79 Å². The standard InChI is InChI=1S/C19H17N3O3S/c1-11-21-18-17(13-4-2-3-5-16(13)26-18)19(23)22(11)20-9-12-6-7-14-15(8-12)25-10-24-14/h6-9H,2-5,10H2,1H3/b20-9+. The van der Waals surface area contributed by atoms with E-state index in [4.69, 9.17) is 9.47 Å². The maximum absolute atomic E-state index is 13.1. The number of hydrogen-bond acceptors (Lipinski definition) is 6. The van der Waals surface area contributed by atoms with Gasteiger partial charge in [-0.25, -0.2) is 4.98 Å². The van der Waals surface area contributed by atoms with E-state index in [0.29, 0.717) is 11.6 Å². The van der Waals surface area contributed by atoms with Crippen LogP contribution in [0, 0.1) is 6.92 Å². The van der Waals surface area contributed by atoms with Crippen LogP contribution in [0.2, 0.25) is 0 Å². The van der Waals surface area contributed by atoms with Gasteiger partial charge in [0.05, 0.1) is 11.6 Å². The Morgan fingerprint density at radius 3 is 3.00 bits per heavy atom. The summed E-state index contributed by atoms with van der Waals surface area (Å²) in [5.74, 6) is 2.01. The molecule has 0 N–H and O–H groups in total. The third kappa shape index (κ3) is 2.42. The number of thiophene rings is 1. The average molecular weight is 367 g/mol. The quantitative estimate of drug-likeness (QED) is 0.652. The first-order valence-corrected chi connectivity index (χ1v) is 9.50. The highest BCUT2D eigenvalue weighted by Crippen LogP contribution is 2.34. The fourth-order valence-corrected chi connectivity index (χ4v) is 4.85. The number of nitrogens with zero attached hydrogens (tertiary/aromatic N) is 3. The Labute approximate surface area is 153 Å². The van der Waals surface area contributed by atoms with E-state index >= 15 is 0 Å². The summed E-state index contributed by atoms with van der Waals surface area (Å²) in [5.41, 5.74) is 1.94. The van der Waals surface area contributed by atoms with Crippen molar-refractivity contribution in [3.8, 4) is 11.5 Å². The van der Waals surface area contributed by atoms with Crippen LogP contribution in [0.5, 0.6) is 11.5 Å². The van der Waals surface area contributed by atoms with Crippen LogP contribution in [-0.4, -0.2) is 22.7 Å². The maximum Gasteiger partial charge on any atom is 0.283 e. The minimum atomic E-state index is -0.0797. The summed E-state index contributed by atoms with van der Waals surface area (Å²) >= 11 is 1.66. The van der Waals surface area contributed by atoms with E-state index < -0.39 is 0 Å². The van der Waals surface area contributed by atoms with E-state index in [1.54, 1.807) is 17.6 Å². The smallest absolute Gasteiger partial charge is 0.283 e. The van der Waals surface area contributed by atoms with Gasteiger partial charge in [-0.3, -0.25) is 4.79 Å². The molecule has 0 fully saturated rings. The van der Waals surface area contributed by atoms with Gasteiger partial charge in [0, 0.05) is 4.88 Å². The molecule has 0 spiro atoms. The van der Waals surface area contributed by atoms with Gasteiger partial charge in [0.1, 0.15) is 10.7 Å². The normalized spacial score (nSPS) is 15.7. The molecule has 6 nitrogen and oxygen atoms in total. The molecule has 1 aliphatic carbocycles. The fraction of sp³-hybridized carbons (Fsp3) is 0.316. The number of hydrogen-bond donors (Lipinski definition) is 0. The van der Waals surface area contributed by atoms with Crippen LogP contribution in [-0.2, 0) is 12.8 Å². The van der Waals surface area contributed by atoms with Crippen molar-refractivity contribution in [1.29, 1.82) is 0 Å². The molecule has 2 aromatic heterocycles. The van der Waals surface area contributed by atoms with Gasteiger partial charge < -0.3 is 9.47 Å². The fourth-order valence-electron chi connectivity index (χ4n) is 3.55. The molecule has 1 aromatic carbocycles. The molecule has 132 valence electrons. The van der Waals surface area contributed by atoms with Crippen molar-refractivity contribution >= 4 is 27.8 Å². The Balaban J connectivity index is 1.59. The van der Waals surface area contributed by atoms with Gasteiger partial charge in [0.15, 0.2) is 11.5 Å². The molecule has 1 aliphatic heterocycles. The van der Waals surface area contributed by atoms with Crippen LogP contribution in [0.15, 0.2) is 28.1 Å². The predicted molar refractivity (Wildman–Crippen MR) is 101 cm³/mol. The summed E-state index contributed by atoms with van der Waals surface area (Å²) in [5, 5.41) is 5.15. The summed E-state index contributed by atoms with van der Waals surface area (Å²) in [4.78, 5) is 19.9. The second-order valence-corrected chi connectivity index (χ2v) is 7.61. The van der Waals surface area contributed by atoms with Crippen LogP contribution in [0.25, 0.3) is 10.2 Å². The van der Waals surface area contributed by atoms with Gasteiger partial charge in [0.2, 0.25) is 6.79 Å². The van der Waals surface area contributed by atoms with Crippen LogP contribution < -0.4 is 15.0 Å². The molecule has 0 radical (unpaired) electrons. The molecule has 2 aliphatic rings. The van der Waals surface area contributed by atoms with Gasteiger partial charge in [0.25, 0.3) is 5.56 Å². The molecular formula is C19H17N3O3S. The van der Waals surface area contributed by atoms with Crippen molar-refractivity contribution in [3.05, 3.63) is 50.4 Å². The lowest BCUT2D eigenvalue weighted by atomic mass is 9.97. The highest BCUT2D eigenvalue weighted by molar-refractivity contribution is 7.18. The number of aryl methyl sites for hydroxylation is 3. The van der Waals surface area contributed by atoms with E-state index in [2.05, 4.69) is 10.1 Å². The van der Waals surface area contributed by atoms with E-state index in [1.807, 2.05) is 25.1 Å². The van der Waals surface area contributed by atoms with Crippen LogP contribution in [0.1, 0.15) is 34.7 Å². The SMILES string of the molecule is Cc1nc2sc3c(c2c(=O)n1/N=C/c1ccc2c(c1)OCO2)CCCC3. The largest absolute Gasteiger partial charge is 0.454 e. The number of aromatic nitrogens is 2. The summed E-state index contributed by atoms with van der Waals surface area (Å²) in [7, 11) is 0. The topological polar surface area (TPSA) is 65.7 Å². The lowest BCUT2D eigenvalue weighted by Gasteiger charge is -2.10. The summed E-state index contributed by atoms with van der Waals surface area (Å²) in [6.07, 6.45) is 5.99. The maximum atomic E-state index is 13.1. The number of fused-ring (bicyclic) bond motifs is 4. The minimum Gasteiger partial charge on any atom is -0.454 e. The molecule has 5 rings (SSSR count). The molecule has 7 heteroatoms. The second-order valence-electron chi connectivity index (χ2n) is 6.52. The molecule has 3 aromatic rings. The number of ether oxygens (including phenoxy) is 2. The minimum absolute atomic E-state index is 0.0797. The van der Waals surface area contributed by atoms with Gasteiger partial charge in [-0.05, 0) is 61.9 Å². The van der Waals surface area contributed by atoms with E-state index in [0.717, 1.165) is 40.8 Å². The lowest BCUT2D eigenvalue weighted by Crippen LogP contribution is -2.21. The summed E-state index contributed by atoms with van der Waals surface area (Å²) < 4.78 is 12.1. The van der Waals surface area contributed by atoms with Crippen LogP contribution in [0.3, 0.4) is 0 Å². The zero-order valence-corrected chi connectivity index (χ0v) is 15.1. The third-order valence-electron chi connectivity index (χ3n) is 4.85. The van der Waals surface area contributed by atoms with Gasteiger partial charge in [-0.1, -0.05) is 0 Å². The van der Waals surface area contributed by atoms with E-state index in [1.165, 1.54) is 21.5 Å². The summed E-state index contributed by atoms with van der Waals surface area (Å²) in [6.45, 7) is 2.05.